The van der Waals surface area contributed by atoms with Crippen LogP contribution in [0.2, 0.25) is 0 Å². The number of alkyl halides is 3. The molecular formula is C8H9BrF3N3S. The lowest BCUT2D eigenvalue weighted by atomic mass is 9.97. The Balaban J connectivity index is 1.95. The molecule has 1 fully saturated rings. The summed E-state index contributed by atoms with van der Waals surface area (Å²) in [4.78, 5) is 1.85. The Morgan fingerprint density at radius 1 is 1.25 bits per heavy atom. The van der Waals surface area contributed by atoms with E-state index in [2.05, 4.69) is 26.1 Å². The van der Waals surface area contributed by atoms with Crippen molar-refractivity contribution >= 4 is 32.4 Å². The van der Waals surface area contributed by atoms with Crippen LogP contribution in [-0.4, -0.2) is 29.5 Å². The maximum Gasteiger partial charge on any atom is 0.391 e. The first-order valence-corrected chi connectivity index (χ1v) is 6.38. The molecule has 2 heterocycles. The summed E-state index contributed by atoms with van der Waals surface area (Å²) in [6.45, 7) is 0.789. The van der Waals surface area contributed by atoms with Crippen LogP contribution in [0.1, 0.15) is 12.8 Å². The highest BCUT2D eigenvalue weighted by Crippen LogP contribution is 2.36. The number of anilines is 1. The molecule has 0 bridgehead atoms. The minimum absolute atomic E-state index is 0.140. The van der Waals surface area contributed by atoms with Crippen molar-refractivity contribution in [1.29, 1.82) is 0 Å². The molecule has 0 saturated carbocycles. The molecular weight excluding hydrogens is 307 g/mol. The van der Waals surface area contributed by atoms with E-state index in [1.165, 1.54) is 11.3 Å². The van der Waals surface area contributed by atoms with Gasteiger partial charge in [-0.25, -0.2) is 0 Å². The van der Waals surface area contributed by atoms with Crippen LogP contribution in [0, 0.1) is 5.92 Å². The van der Waals surface area contributed by atoms with E-state index in [4.69, 9.17) is 0 Å². The van der Waals surface area contributed by atoms with Crippen molar-refractivity contribution in [1.82, 2.24) is 10.2 Å². The van der Waals surface area contributed by atoms with Crippen molar-refractivity contribution < 1.29 is 13.2 Å². The fraction of sp³-hybridized carbons (Fsp3) is 0.750. The van der Waals surface area contributed by atoms with Gasteiger partial charge in [0.1, 0.15) is 0 Å². The molecule has 0 atom stereocenters. The Morgan fingerprint density at radius 2 is 1.88 bits per heavy atom. The summed E-state index contributed by atoms with van der Waals surface area (Å²) >= 11 is 4.52. The van der Waals surface area contributed by atoms with Crippen LogP contribution in [0.25, 0.3) is 0 Å². The number of hydrogen-bond donors (Lipinski definition) is 0. The molecule has 0 amide bonds. The maximum absolute atomic E-state index is 12.4. The van der Waals surface area contributed by atoms with Crippen LogP contribution >= 0.6 is 27.3 Å². The van der Waals surface area contributed by atoms with Gasteiger partial charge in [-0.1, -0.05) is 11.3 Å². The van der Waals surface area contributed by atoms with E-state index >= 15 is 0 Å². The fourth-order valence-electron chi connectivity index (χ4n) is 1.72. The molecule has 1 aromatic heterocycles. The van der Waals surface area contributed by atoms with Crippen molar-refractivity contribution in [3.8, 4) is 0 Å². The van der Waals surface area contributed by atoms with Gasteiger partial charge >= 0.3 is 6.18 Å². The minimum Gasteiger partial charge on any atom is -0.347 e. The zero-order valence-corrected chi connectivity index (χ0v) is 10.6. The predicted octanol–water partition coefficient (Wildman–Crippen LogP) is 3.08. The van der Waals surface area contributed by atoms with E-state index < -0.39 is 12.1 Å². The van der Waals surface area contributed by atoms with Crippen molar-refractivity contribution in [3.05, 3.63) is 3.92 Å². The number of piperidine rings is 1. The third kappa shape index (κ3) is 2.65. The molecule has 16 heavy (non-hydrogen) atoms. The normalized spacial score (nSPS) is 19.1. The monoisotopic (exact) mass is 315 g/mol. The smallest absolute Gasteiger partial charge is 0.347 e. The molecule has 1 saturated heterocycles. The highest BCUT2D eigenvalue weighted by Gasteiger charge is 2.41. The molecule has 3 nitrogen and oxygen atoms in total. The lowest BCUT2D eigenvalue weighted by molar-refractivity contribution is -0.179. The van der Waals surface area contributed by atoms with Crippen molar-refractivity contribution in [2.45, 2.75) is 19.0 Å². The summed E-state index contributed by atoms with van der Waals surface area (Å²) in [6, 6.07) is 0. The summed E-state index contributed by atoms with van der Waals surface area (Å²) in [7, 11) is 0. The van der Waals surface area contributed by atoms with Crippen LogP contribution in [0.15, 0.2) is 3.92 Å². The number of aromatic nitrogens is 2. The highest BCUT2D eigenvalue weighted by molar-refractivity contribution is 9.11. The summed E-state index contributed by atoms with van der Waals surface area (Å²) < 4.78 is 37.9. The lowest BCUT2D eigenvalue weighted by Gasteiger charge is -2.32. The summed E-state index contributed by atoms with van der Waals surface area (Å²) in [5.41, 5.74) is 0. The Labute approximate surface area is 103 Å². The van der Waals surface area contributed by atoms with Crippen LogP contribution < -0.4 is 4.90 Å². The largest absolute Gasteiger partial charge is 0.391 e. The van der Waals surface area contributed by atoms with Gasteiger partial charge in [0.25, 0.3) is 0 Å². The van der Waals surface area contributed by atoms with Crippen LogP contribution in [0.3, 0.4) is 0 Å². The van der Waals surface area contributed by atoms with E-state index in [1.807, 2.05) is 4.90 Å². The summed E-state index contributed by atoms with van der Waals surface area (Å²) in [5, 5.41) is 8.36. The third-order valence-corrected chi connectivity index (χ3v) is 4.03. The van der Waals surface area contributed by atoms with Gasteiger partial charge in [0.05, 0.1) is 5.92 Å². The van der Waals surface area contributed by atoms with Gasteiger partial charge in [-0.15, -0.1) is 10.2 Å². The summed E-state index contributed by atoms with van der Waals surface area (Å²) in [5.74, 6) is -1.17. The Morgan fingerprint density at radius 3 is 2.31 bits per heavy atom. The molecule has 0 spiro atoms. The standard InChI is InChI=1S/C8H9BrF3N3S/c9-6-13-14-7(16-6)15-3-1-5(2-4-15)8(10,11)12/h5H,1-4H2. The first-order chi connectivity index (χ1) is 7.47. The van der Waals surface area contributed by atoms with E-state index in [1.54, 1.807) is 0 Å². The van der Waals surface area contributed by atoms with Gasteiger partial charge in [0.15, 0.2) is 3.92 Å². The molecule has 0 N–H and O–H groups in total. The van der Waals surface area contributed by atoms with Crippen molar-refractivity contribution in [2.24, 2.45) is 5.92 Å². The second kappa shape index (κ2) is 4.48. The third-order valence-electron chi connectivity index (χ3n) is 2.62. The van der Waals surface area contributed by atoms with E-state index in [9.17, 15) is 13.2 Å². The van der Waals surface area contributed by atoms with Gasteiger partial charge < -0.3 is 4.90 Å². The second-order valence-corrected chi connectivity index (χ2v) is 5.87. The minimum atomic E-state index is -4.06. The van der Waals surface area contributed by atoms with E-state index in [-0.39, 0.29) is 12.8 Å². The first kappa shape index (κ1) is 12.1. The quantitative estimate of drug-likeness (QED) is 0.797. The lowest BCUT2D eigenvalue weighted by Crippen LogP contribution is -2.38. The zero-order chi connectivity index (χ0) is 11.8. The molecule has 0 unspecified atom stereocenters. The number of halogens is 4. The predicted molar refractivity (Wildman–Crippen MR) is 58.6 cm³/mol. The van der Waals surface area contributed by atoms with Crippen LogP contribution in [-0.2, 0) is 0 Å². The van der Waals surface area contributed by atoms with E-state index in [0.717, 1.165) is 0 Å². The second-order valence-electron chi connectivity index (χ2n) is 3.64. The molecule has 1 aliphatic heterocycles. The zero-order valence-electron chi connectivity index (χ0n) is 8.17. The van der Waals surface area contributed by atoms with Gasteiger partial charge in [-0.2, -0.15) is 13.2 Å². The van der Waals surface area contributed by atoms with Crippen molar-refractivity contribution in [2.75, 3.05) is 18.0 Å². The Kier molecular flexibility index (Phi) is 3.39. The molecule has 2 rings (SSSR count). The number of rotatable bonds is 1. The Hall–Kier alpha value is -0.370. The van der Waals surface area contributed by atoms with Crippen LogP contribution in [0.4, 0.5) is 18.3 Å². The maximum atomic E-state index is 12.4. The number of nitrogens with zero attached hydrogens (tertiary/aromatic N) is 3. The molecule has 8 heteroatoms. The molecule has 90 valence electrons. The topological polar surface area (TPSA) is 29.0 Å². The Bertz CT molecular complexity index is 360. The molecule has 1 aromatic rings. The van der Waals surface area contributed by atoms with Gasteiger partial charge in [0.2, 0.25) is 5.13 Å². The van der Waals surface area contributed by atoms with Crippen LogP contribution in [0.5, 0.6) is 0 Å². The first-order valence-electron chi connectivity index (χ1n) is 4.77. The highest BCUT2D eigenvalue weighted by atomic mass is 79.9. The molecule has 0 radical (unpaired) electrons. The van der Waals surface area contributed by atoms with Crippen molar-refractivity contribution in [3.63, 3.8) is 0 Å². The number of hydrogen-bond acceptors (Lipinski definition) is 4. The molecule has 1 aliphatic rings. The molecule has 0 aliphatic carbocycles. The summed E-state index contributed by atoms with van der Waals surface area (Å²) in [6.07, 6.45) is -3.78. The average Bonchev–Trinajstić information content (AvgIpc) is 2.64. The molecule has 0 aromatic carbocycles. The van der Waals surface area contributed by atoms with Gasteiger partial charge in [-0.05, 0) is 28.8 Å². The fourth-order valence-corrected chi connectivity index (χ4v) is 2.86. The van der Waals surface area contributed by atoms with E-state index in [0.29, 0.717) is 22.1 Å². The SMILES string of the molecule is FC(F)(F)C1CCN(c2nnc(Br)s2)CC1. The van der Waals surface area contributed by atoms with Gasteiger partial charge in [0, 0.05) is 13.1 Å². The average molecular weight is 316 g/mol. The van der Waals surface area contributed by atoms with Gasteiger partial charge in [-0.3, -0.25) is 0 Å².